The maximum Gasteiger partial charge on any atom is 0.321 e. The molecule has 2 N–H and O–H groups in total. The average molecular weight is 615 g/mol. The van der Waals surface area contributed by atoms with Crippen molar-refractivity contribution in [2.24, 2.45) is 0 Å². The van der Waals surface area contributed by atoms with Crippen molar-refractivity contribution in [3.05, 3.63) is 121 Å². The summed E-state index contributed by atoms with van der Waals surface area (Å²) in [6, 6.07) is 31.3. The molecule has 1 saturated heterocycles. The number of para-hydroxylation sites is 1. The molecule has 2 atom stereocenters. The first-order valence-corrected chi connectivity index (χ1v) is 15.6. The summed E-state index contributed by atoms with van der Waals surface area (Å²) in [6.45, 7) is -0.229. The zero-order valence-electron chi connectivity index (χ0n) is 24.2. The van der Waals surface area contributed by atoms with E-state index in [1.807, 2.05) is 36.4 Å². The molecule has 1 aliphatic rings. The molecular formula is C33H34N4O6S. The van der Waals surface area contributed by atoms with E-state index in [1.165, 1.54) is 29.0 Å². The highest BCUT2D eigenvalue weighted by Crippen LogP contribution is 2.26. The molecule has 11 heteroatoms. The molecule has 228 valence electrons. The fraction of sp³-hybridized carbons (Fsp3) is 0.212. The van der Waals surface area contributed by atoms with Crippen molar-refractivity contribution in [2.45, 2.75) is 17.0 Å². The number of likely N-dealkylation sites (N-methyl/N-ethyl adjacent to an activating group) is 1. The van der Waals surface area contributed by atoms with Gasteiger partial charge in [-0.15, -0.1) is 0 Å². The molecule has 5 rings (SSSR count). The predicted molar refractivity (Wildman–Crippen MR) is 167 cm³/mol. The van der Waals surface area contributed by atoms with Gasteiger partial charge in [0.2, 0.25) is 15.9 Å². The molecule has 1 heterocycles. The molecule has 4 aromatic carbocycles. The Hall–Kier alpha value is -4.71. The predicted octanol–water partition coefficient (Wildman–Crippen LogP) is 4.58. The van der Waals surface area contributed by atoms with E-state index >= 15 is 0 Å². The van der Waals surface area contributed by atoms with E-state index in [0.29, 0.717) is 22.7 Å². The van der Waals surface area contributed by atoms with Gasteiger partial charge in [0.25, 0.3) is 0 Å². The van der Waals surface area contributed by atoms with E-state index in [0.717, 1.165) is 4.31 Å². The summed E-state index contributed by atoms with van der Waals surface area (Å²) in [5, 5.41) is 13.6. The van der Waals surface area contributed by atoms with E-state index in [-0.39, 0.29) is 31.1 Å². The molecule has 3 amide bonds. The van der Waals surface area contributed by atoms with Crippen molar-refractivity contribution in [1.29, 1.82) is 0 Å². The number of nitrogens with one attached hydrogen (secondary N) is 1. The van der Waals surface area contributed by atoms with Crippen LogP contribution in [0.2, 0.25) is 0 Å². The zero-order valence-corrected chi connectivity index (χ0v) is 25.0. The molecule has 0 radical (unpaired) electrons. The van der Waals surface area contributed by atoms with Crippen LogP contribution in [0.4, 0.5) is 10.5 Å². The molecule has 0 aromatic heterocycles. The number of carbonyl (C=O) groups excluding carboxylic acids is 2. The molecule has 1 fully saturated rings. The minimum Gasteiger partial charge on any atom is -0.457 e. The summed E-state index contributed by atoms with van der Waals surface area (Å²) >= 11 is 0. The van der Waals surface area contributed by atoms with E-state index in [4.69, 9.17) is 4.74 Å². The third-order valence-corrected chi connectivity index (χ3v) is 9.27. The number of sulfonamides is 1. The van der Waals surface area contributed by atoms with E-state index in [9.17, 15) is 23.1 Å². The Balaban J connectivity index is 1.31. The number of aliphatic hydroxyl groups is 1. The van der Waals surface area contributed by atoms with Gasteiger partial charge in [0.1, 0.15) is 17.5 Å². The van der Waals surface area contributed by atoms with Gasteiger partial charge in [-0.1, -0.05) is 66.7 Å². The lowest BCUT2D eigenvalue weighted by molar-refractivity contribution is -0.136. The van der Waals surface area contributed by atoms with Crippen LogP contribution in [-0.2, 0) is 14.8 Å². The Bertz CT molecular complexity index is 1660. The van der Waals surface area contributed by atoms with Crippen molar-refractivity contribution in [3.63, 3.8) is 0 Å². The molecule has 10 nitrogen and oxygen atoms in total. The number of amides is 3. The van der Waals surface area contributed by atoms with Gasteiger partial charge < -0.3 is 25.0 Å². The fourth-order valence-corrected chi connectivity index (χ4v) is 6.57. The van der Waals surface area contributed by atoms with Gasteiger partial charge in [0.15, 0.2) is 0 Å². The lowest BCUT2D eigenvalue weighted by Crippen LogP contribution is -2.62. The largest absolute Gasteiger partial charge is 0.457 e. The minimum atomic E-state index is -4.06. The summed E-state index contributed by atoms with van der Waals surface area (Å²) in [5.41, 5.74) is 1.14. The highest BCUT2D eigenvalue weighted by molar-refractivity contribution is 7.89. The van der Waals surface area contributed by atoms with Crippen LogP contribution in [0.5, 0.6) is 11.5 Å². The van der Waals surface area contributed by atoms with Gasteiger partial charge in [0.05, 0.1) is 17.5 Å². The molecule has 0 spiro atoms. The van der Waals surface area contributed by atoms with Crippen LogP contribution in [-0.4, -0.2) is 78.8 Å². The third-order valence-electron chi connectivity index (χ3n) is 7.35. The van der Waals surface area contributed by atoms with Crippen molar-refractivity contribution in [1.82, 2.24) is 14.1 Å². The Morgan fingerprint density at radius 2 is 1.43 bits per heavy atom. The van der Waals surface area contributed by atoms with Gasteiger partial charge in [-0.25, -0.2) is 13.2 Å². The normalized spacial score (nSPS) is 16.1. The monoisotopic (exact) mass is 614 g/mol. The first-order chi connectivity index (χ1) is 21.2. The first kappa shape index (κ1) is 30.7. The summed E-state index contributed by atoms with van der Waals surface area (Å²) in [7, 11) is -2.54. The molecule has 4 aromatic rings. The second-order valence-electron chi connectivity index (χ2n) is 10.4. The van der Waals surface area contributed by atoms with Crippen LogP contribution in [0, 0.1) is 0 Å². The lowest BCUT2D eigenvalue weighted by atomic mass is 10.1. The van der Waals surface area contributed by atoms with Gasteiger partial charge in [-0.3, -0.25) is 4.79 Å². The standard InChI is InChI=1S/C33H34N4O6S/c1-35(24-31(38)25-11-5-2-6-12-25)32(39)30-23-36(21-22-37(30)44(41,42)29-15-9-4-10-16-29)33(40)34-26-17-19-28(20-18-26)43-27-13-7-3-8-14-27/h2-20,30-31,38H,21-24H2,1H3,(H,34,40)/t30-,31?/m1/s1. The second-order valence-corrected chi connectivity index (χ2v) is 12.3. The number of aliphatic hydroxyl groups excluding tert-OH is 1. The summed E-state index contributed by atoms with van der Waals surface area (Å²) < 4.78 is 34.3. The molecule has 1 unspecified atom stereocenters. The number of rotatable bonds is 9. The third kappa shape index (κ3) is 7.25. The Labute approximate surface area is 257 Å². The Morgan fingerprint density at radius 3 is 2.07 bits per heavy atom. The second kappa shape index (κ2) is 13.7. The summed E-state index contributed by atoms with van der Waals surface area (Å²) in [6.07, 6.45) is -0.971. The fourth-order valence-electron chi connectivity index (χ4n) is 4.99. The first-order valence-electron chi connectivity index (χ1n) is 14.2. The van der Waals surface area contributed by atoms with Gasteiger partial charge in [0, 0.05) is 32.4 Å². The highest BCUT2D eigenvalue weighted by atomic mass is 32.2. The number of hydrogen-bond donors (Lipinski definition) is 2. The summed E-state index contributed by atoms with van der Waals surface area (Å²) in [5.74, 6) is 0.754. The number of urea groups is 1. The molecule has 44 heavy (non-hydrogen) atoms. The van der Waals surface area contributed by atoms with Crippen LogP contribution in [0.15, 0.2) is 120 Å². The number of ether oxygens (including phenoxy) is 1. The SMILES string of the molecule is CN(CC(O)c1ccccc1)C(=O)[C@H]1CN(C(=O)Nc2ccc(Oc3ccccc3)cc2)CCN1S(=O)(=O)c1ccccc1. The maximum absolute atomic E-state index is 13.8. The number of piperazine rings is 1. The number of benzene rings is 4. The highest BCUT2D eigenvalue weighted by Gasteiger charge is 2.42. The van der Waals surface area contributed by atoms with Crippen LogP contribution < -0.4 is 10.1 Å². The molecule has 0 aliphatic carbocycles. The Morgan fingerprint density at radius 1 is 0.864 bits per heavy atom. The lowest BCUT2D eigenvalue weighted by Gasteiger charge is -2.41. The van der Waals surface area contributed by atoms with Crippen LogP contribution in [0.3, 0.4) is 0 Å². The van der Waals surface area contributed by atoms with Crippen LogP contribution in [0.25, 0.3) is 0 Å². The number of hydrogen-bond acceptors (Lipinski definition) is 6. The number of anilines is 1. The molecule has 0 bridgehead atoms. The van der Waals surface area contributed by atoms with Crippen molar-refractivity contribution < 1.29 is 27.9 Å². The van der Waals surface area contributed by atoms with Crippen molar-refractivity contribution in [3.8, 4) is 11.5 Å². The summed E-state index contributed by atoms with van der Waals surface area (Å²) in [4.78, 5) is 29.9. The van der Waals surface area contributed by atoms with Crippen molar-refractivity contribution >= 4 is 27.6 Å². The molecular weight excluding hydrogens is 580 g/mol. The molecule has 0 saturated carbocycles. The zero-order chi connectivity index (χ0) is 31.1. The van der Waals surface area contributed by atoms with E-state index in [2.05, 4.69) is 5.32 Å². The Kier molecular flexibility index (Phi) is 9.59. The number of nitrogens with zero attached hydrogens (tertiary/aromatic N) is 3. The maximum atomic E-state index is 13.8. The van der Waals surface area contributed by atoms with Gasteiger partial charge >= 0.3 is 6.03 Å². The quantitative estimate of drug-likeness (QED) is 0.285. The van der Waals surface area contributed by atoms with Crippen molar-refractivity contribution in [2.75, 3.05) is 38.5 Å². The van der Waals surface area contributed by atoms with Gasteiger partial charge in [-0.05, 0) is 54.1 Å². The number of carbonyl (C=O) groups is 2. The minimum absolute atomic E-state index is 0.0534. The van der Waals surface area contributed by atoms with E-state index in [1.54, 1.807) is 66.7 Å². The average Bonchev–Trinajstić information content (AvgIpc) is 3.06. The van der Waals surface area contributed by atoms with Crippen LogP contribution in [0.1, 0.15) is 11.7 Å². The van der Waals surface area contributed by atoms with E-state index < -0.39 is 34.1 Å². The van der Waals surface area contributed by atoms with Crippen LogP contribution >= 0.6 is 0 Å². The van der Waals surface area contributed by atoms with Gasteiger partial charge in [-0.2, -0.15) is 4.31 Å². The topological polar surface area (TPSA) is 119 Å². The molecule has 1 aliphatic heterocycles. The smallest absolute Gasteiger partial charge is 0.321 e.